The van der Waals surface area contributed by atoms with Crippen molar-refractivity contribution < 1.29 is 14.3 Å². The normalized spacial score (nSPS) is 25.6. The molecule has 1 N–H and O–H groups in total. The smallest absolute Gasteiger partial charge is 0.307 e. The summed E-state index contributed by atoms with van der Waals surface area (Å²) in [5.41, 5.74) is 0.687. The van der Waals surface area contributed by atoms with Crippen LogP contribution in [0.2, 0.25) is 0 Å². The lowest BCUT2D eigenvalue weighted by molar-refractivity contribution is -0.138. The number of pyridine rings is 1. The van der Waals surface area contributed by atoms with E-state index in [2.05, 4.69) is 4.98 Å². The third-order valence-corrected chi connectivity index (χ3v) is 2.26. The highest BCUT2D eigenvalue weighted by atomic mass is 19.1. The first kappa shape index (κ1) is 8.16. The van der Waals surface area contributed by atoms with Gasteiger partial charge in [-0.15, -0.1) is 0 Å². The van der Waals surface area contributed by atoms with Crippen LogP contribution in [0.1, 0.15) is 17.9 Å². The van der Waals surface area contributed by atoms with E-state index in [0.717, 1.165) is 6.20 Å². The van der Waals surface area contributed by atoms with Crippen molar-refractivity contribution in [2.75, 3.05) is 0 Å². The van der Waals surface area contributed by atoms with Gasteiger partial charge in [-0.3, -0.25) is 9.78 Å². The van der Waals surface area contributed by atoms with Crippen LogP contribution in [0, 0.1) is 11.7 Å². The highest BCUT2D eigenvalue weighted by Gasteiger charge is 2.44. The fourth-order valence-electron chi connectivity index (χ4n) is 1.47. The Morgan fingerprint density at radius 1 is 1.62 bits per heavy atom. The molecule has 1 saturated carbocycles. The summed E-state index contributed by atoms with van der Waals surface area (Å²) in [6, 6.07) is 1.35. The molecule has 0 saturated heterocycles. The predicted octanol–water partition coefficient (Wildman–Crippen LogP) is 1.41. The lowest BCUT2D eigenvalue weighted by atomic mass is 10.1. The molecule has 0 unspecified atom stereocenters. The van der Waals surface area contributed by atoms with Gasteiger partial charge < -0.3 is 5.11 Å². The van der Waals surface area contributed by atoms with E-state index in [4.69, 9.17) is 5.11 Å². The molecule has 68 valence electrons. The van der Waals surface area contributed by atoms with Crippen LogP contribution in [-0.2, 0) is 4.79 Å². The largest absolute Gasteiger partial charge is 0.481 e. The zero-order valence-corrected chi connectivity index (χ0v) is 6.77. The molecule has 4 heteroatoms. The van der Waals surface area contributed by atoms with Crippen molar-refractivity contribution >= 4 is 5.97 Å². The van der Waals surface area contributed by atoms with E-state index in [0.29, 0.717) is 12.0 Å². The van der Waals surface area contributed by atoms with Crippen molar-refractivity contribution in [1.29, 1.82) is 0 Å². The number of carbonyl (C=O) groups is 1. The SMILES string of the molecule is O=C(O)[C@@H]1C[C@H]1c1cncc(F)c1. The number of nitrogens with zero attached hydrogens (tertiary/aromatic N) is 1. The summed E-state index contributed by atoms with van der Waals surface area (Å²) in [5, 5.41) is 8.64. The molecule has 1 aromatic rings. The Bertz CT molecular complexity index is 353. The fourth-order valence-corrected chi connectivity index (χ4v) is 1.47. The number of aliphatic carboxylic acids is 1. The molecule has 0 radical (unpaired) electrons. The quantitative estimate of drug-likeness (QED) is 0.750. The second kappa shape index (κ2) is 2.80. The molecule has 1 heterocycles. The summed E-state index contributed by atoms with van der Waals surface area (Å²) in [7, 11) is 0. The van der Waals surface area contributed by atoms with Gasteiger partial charge >= 0.3 is 5.97 Å². The maximum absolute atomic E-state index is 12.7. The molecule has 0 aliphatic heterocycles. The average Bonchev–Trinajstić information content (AvgIpc) is 2.82. The van der Waals surface area contributed by atoms with Gasteiger partial charge in [0.1, 0.15) is 5.82 Å². The minimum absolute atomic E-state index is 0.0410. The Morgan fingerprint density at radius 2 is 2.38 bits per heavy atom. The van der Waals surface area contributed by atoms with E-state index in [-0.39, 0.29) is 11.8 Å². The second-order valence-corrected chi connectivity index (χ2v) is 3.22. The van der Waals surface area contributed by atoms with Crippen molar-refractivity contribution in [3.8, 4) is 0 Å². The number of hydrogen-bond donors (Lipinski definition) is 1. The first-order valence-corrected chi connectivity index (χ1v) is 4.01. The lowest BCUT2D eigenvalue weighted by Gasteiger charge is -1.96. The minimum atomic E-state index is -0.811. The molecule has 1 aliphatic carbocycles. The number of carboxylic acid groups (broad SMARTS) is 1. The molecule has 13 heavy (non-hydrogen) atoms. The van der Waals surface area contributed by atoms with Gasteiger partial charge in [0.05, 0.1) is 12.1 Å². The van der Waals surface area contributed by atoms with Crippen LogP contribution < -0.4 is 0 Å². The van der Waals surface area contributed by atoms with E-state index in [9.17, 15) is 9.18 Å². The summed E-state index contributed by atoms with van der Waals surface area (Å²) < 4.78 is 12.7. The van der Waals surface area contributed by atoms with Gasteiger partial charge in [0, 0.05) is 6.20 Å². The molecule has 2 rings (SSSR count). The molecule has 0 bridgehead atoms. The van der Waals surface area contributed by atoms with E-state index in [1.165, 1.54) is 12.3 Å². The van der Waals surface area contributed by atoms with Gasteiger partial charge in [-0.1, -0.05) is 0 Å². The molecule has 1 aromatic heterocycles. The standard InChI is InChI=1S/C9H8FNO2/c10-6-1-5(3-11-4-6)7-2-8(7)9(12)13/h1,3-4,7-8H,2H2,(H,12,13)/t7-,8+/m0/s1. The third-order valence-electron chi connectivity index (χ3n) is 2.26. The molecule has 1 aliphatic rings. The number of rotatable bonds is 2. The van der Waals surface area contributed by atoms with E-state index < -0.39 is 11.8 Å². The van der Waals surface area contributed by atoms with Crippen LogP contribution in [0.3, 0.4) is 0 Å². The third kappa shape index (κ3) is 1.52. The van der Waals surface area contributed by atoms with Crippen LogP contribution in [-0.4, -0.2) is 16.1 Å². The molecule has 3 nitrogen and oxygen atoms in total. The monoisotopic (exact) mass is 181 g/mol. The van der Waals surface area contributed by atoms with E-state index >= 15 is 0 Å². The Labute approximate surface area is 74.2 Å². The van der Waals surface area contributed by atoms with Crippen LogP contribution in [0.5, 0.6) is 0 Å². The maximum Gasteiger partial charge on any atom is 0.307 e. The van der Waals surface area contributed by atoms with Crippen LogP contribution >= 0.6 is 0 Å². The molecule has 0 spiro atoms. The molecule has 2 atom stereocenters. The van der Waals surface area contributed by atoms with Gasteiger partial charge in [0.2, 0.25) is 0 Å². The number of hydrogen-bond acceptors (Lipinski definition) is 2. The maximum atomic E-state index is 12.7. The number of carboxylic acids is 1. The van der Waals surface area contributed by atoms with E-state index in [1.807, 2.05) is 0 Å². The number of halogens is 1. The van der Waals surface area contributed by atoms with Gasteiger partial charge in [-0.05, 0) is 24.0 Å². The van der Waals surface area contributed by atoms with Crippen LogP contribution in [0.4, 0.5) is 4.39 Å². The zero-order valence-electron chi connectivity index (χ0n) is 6.77. The van der Waals surface area contributed by atoms with Crippen molar-refractivity contribution in [2.24, 2.45) is 5.92 Å². The summed E-state index contributed by atoms with van der Waals surface area (Å²) in [4.78, 5) is 14.2. The summed E-state index contributed by atoms with van der Waals surface area (Å²) >= 11 is 0. The van der Waals surface area contributed by atoms with E-state index in [1.54, 1.807) is 0 Å². The van der Waals surface area contributed by atoms with Gasteiger partial charge in [-0.25, -0.2) is 4.39 Å². The van der Waals surface area contributed by atoms with Crippen LogP contribution in [0.25, 0.3) is 0 Å². The fraction of sp³-hybridized carbons (Fsp3) is 0.333. The molecule has 0 aromatic carbocycles. The zero-order chi connectivity index (χ0) is 9.42. The number of aromatic nitrogens is 1. The van der Waals surface area contributed by atoms with Crippen molar-refractivity contribution in [2.45, 2.75) is 12.3 Å². The Kier molecular flexibility index (Phi) is 1.76. The second-order valence-electron chi connectivity index (χ2n) is 3.22. The molecular weight excluding hydrogens is 173 g/mol. The highest BCUT2D eigenvalue weighted by Crippen LogP contribution is 2.47. The average molecular weight is 181 g/mol. The van der Waals surface area contributed by atoms with Crippen molar-refractivity contribution in [3.63, 3.8) is 0 Å². The summed E-state index contributed by atoms with van der Waals surface area (Å²) in [5.74, 6) is -1.60. The summed E-state index contributed by atoms with van der Waals surface area (Å²) in [6.45, 7) is 0. The minimum Gasteiger partial charge on any atom is -0.481 e. The van der Waals surface area contributed by atoms with Crippen molar-refractivity contribution in [1.82, 2.24) is 4.98 Å². The predicted molar refractivity (Wildman–Crippen MR) is 42.7 cm³/mol. The first-order valence-electron chi connectivity index (χ1n) is 4.01. The van der Waals surface area contributed by atoms with Crippen molar-refractivity contribution in [3.05, 3.63) is 29.8 Å². The Morgan fingerprint density at radius 3 is 2.92 bits per heavy atom. The van der Waals surface area contributed by atoms with Gasteiger partial charge in [0.25, 0.3) is 0 Å². The lowest BCUT2D eigenvalue weighted by Crippen LogP contribution is -1.99. The van der Waals surface area contributed by atoms with Crippen LogP contribution in [0.15, 0.2) is 18.5 Å². The molecular formula is C9H8FNO2. The Balaban J connectivity index is 2.16. The Hall–Kier alpha value is -1.45. The van der Waals surface area contributed by atoms with Gasteiger partial charge in [-0.2, -0.15) is 0 Å². The topological polar surface area (TPSA) is 50.2 Å². The molecule has 1 fully saturated rings. The summed E-state index contributed by atoms with van der Waals surface area (Å²) in [6.07, 6.45) is 3.23. The highest BCUT2D eigenvalue weighted by molar-refractivity contribution is 5.75. The van der Waals surface area contributed by atoms with Gasteiger partial charge in [0.15, 0.2) is 0 Å². The molecule has 0 amide bonds. The first-order chi connectivity index (χ1) is 6.18.